The van der Waals surface area contributed by atoms with Gasteiger partial charge in [0.25, 0.3) is 0 Å². The summed E-state index contributed by atoms with van der Waals surface area (Å²) in [5, 5.41) is 17.7. The Labute approximate surface area is 117 Å². The van der Waals surface area contributed by atoms with Gasteiger partial charge in [0.05, 0.1) is 16.5 Å². The minimum Gasteiger partial charge on any atom is -0.480 e. The van der Waals surface area contributed by atoms with Gasteiger partial charge in [-0.3, -0.25) is 4.79 Å². The molecule has 0 fully saturated rings. The Morgan fingerprint density at radius 1 is 1.60 bits per heavy atom. The Bertz CT molecular complexity index is 674. The molecule has 1 aromatic rings. The number of aliphatic carboxylic acids is 1. The fourth-order valence-electron chi connectivity index (χ4n) is 1.64. The number of nitrogens with zero attached hydrogens (tertiary/aromatic N) is 1. The van der Waals surface area contributed by atoms with E-state index in [1.807, 2.05) is 6.07 Å². The summed E-state index contributed by atoms with van der Waals surface area (Å²) in [5.74, 6) is -1.28. The maximum Gasteiger partial charge on any atom is 0.322 e. The van der Waals surface area contributed by atoms with Crippen LogP contribution in [0.2, 0.25) is 0 Å². The number of rotatable bonds is 6. The van der Waals surface area contributed by atoms with Crippen LogP contribution in [0.5, 0.6) is 0 Å². The molecule has 0 aliphatic heterocycles. The normalized spacial score (nSPS) is 12.4. The lowest BCUT2D eigenvalue weighted by atomic mass is 10.2. The fourth-order valence-corrected chi connectivity index (χ4v) is 3.07. The van der Waals surface area contributed by atoms with Crippen molar-refractivity contribution in [3.63, 3.8) is 0 Å². The van der Waals surface area contributed by atoms with Gasteiger partial charge >= 0.3 is 5.97 Å². The van der Waals surface area contributed by atoms with Crippen LogP contribution in [0.4, 0.5) is 0 Å². The van der Waals surface area contributed by atoms with E-state index in [9.17, 15) is 13.2 Å². The van der Waals surface area contributed by atoms with Crippen molar-refractivity contribution in [2.24, 2.45) is 0 Å². The summed E-state index contributed by atoms with van der Waals surface area (Å²) < 4.78 is 26.4. The topological polar surface area (TPSA) is 107 Å². The number of nitrogens with one attached hydrogen (secondary N) is 1. The van der Waals surface area contributed by atoms with Gasteiger partial charge in [0.2, 0.25) is 10.0 Å². The van der Waals surface area contributed by atoms with Crippen molar-refractivity contribution in [3.8, 4) is 6.07 Å². The average Bonchev–Trinajstić information content (AvgIpc) is 2.37. The molecule has 0 saturated carbocycles. The Hall–Kier alpha value is -2.17. The van der Waals surface area contributed by atoms with Crippen LogP contribution in [0.1, 0.15) is 17.5 Å². The molecule has 0 spiro atoms. The van der Waals surface area contributed by atoms with Crippen molar-refractivity contribution < 1.29 is 18.3 Å². The molecule has 0 heterocycles. The van der Waals surface area contributed by atoms with Gasteiger partial charge in [-0.25, -0.2) is 8.42 Å². The van der Waals surface area contributed by atoms with Crippen molar-refractivity contribution in [1.82, 2.24) is 4.72 Å². The molecule has 0 aromatic heterocycles. The second-order valence-corrected chi connectivity index (χ2v) is 5.81. The fraction of sp³-hybridized carbons (Fsp3) is 0.231. The molecule has 0 amide bonds. The number of aryl methyl sites for hydroxylation is 1. The Morgan fingerprint density at radius 3 is 2.70 bits per heavy atom. The third-order valence-electron chi connectivity index (χ3n) is 2.59. The quantitative estimate of drug-likeness (QED) is 0.766. The molecular formula is C13H14N2O4S. The molecular weight excluding hydrogens is 280 g/mol. The number of nitriles is 1. The number of hydrogen-bond donors (Lipinski definition) is 2. The van der Waals surface area contributed by atoms with Crippen molar-refractivity contribution in [2.75, 3.05) is 0 Å². The van der Waals surface area contributed by atoms with E-state index in [1.165, 1.54) is 24.3 Å². The molecule has 0 aliphatic rings. The number of sulfonamides is 1. The molecule has 0 bridgehead atoms. The molecule has 1 rings (SSSR count). The monoisotopic (exact) mass is 294 g/mol. The molecule has 0 aliphatic carbocycles. The maximum atomic E-state index is 12.2. The van der Waals surface area contributed by atoms with E-state index in [0.29, 0.717) is 11.1 Å². The maximum absolute atomic E-state index is 12.2. The van der Waals surface area contributed by atoms with Gasteiger partial charge in [0.15, 0.2) is 0 Å². The minimum atomic E-state index is -3.97. The van der Waals surface area contributed by atoms with E-state index in [4.69, 9.17) is 10.4 Å². The zero-order valence-electron chi connectivity index (χ0n) is 10.8. The first kappa shape index (κ1) is 15.9. The molecule has 20 heavy (non-hydrogen) atoms. The second kappa shape index (κ2) is 6.32. The van der Waals surface area contributed by atoms with Gasteiger partial charge in [-0.2, -0.15) is 9.98 Å². The summed E-state index contributed by atoms with van der Waals surface area (Å²) in [6.07, 6.45) is 1.30. The highest BCUT2D eigenvalue weighted by Gasteiger charge is 2.25. The van der Waals surface area contributed by atoms with Crippen LogP contribution in [0.15, 0.2) is 35.7 Å². The minimum absolute atomic E-state index is 0.0239. The van der Waals surface area contributed by atoms with Gasteiger partial charge in [-0.1, -0.05) is 6.08 Å². The van der Waals surface area contributed by atoms with E-state index in [-0.39, 0.29) is 11.3 Å². The second-order valence-electron chi connectivity index (χ2n) is 4.13. The predicted molar refractivity (Wildman–Crippen MR) is 72.5 cm³/mol. The Morgan fingerprint density at radius 2 is 2.25 bits per heavy atom. The first-order chi connectivity index (χ1) is 9.31. The molecule has 1 unspecified atom stereocenters. The average molecular weight is 294 g/mol. The van der Waals surface area contributed by atoms with Crippen molar-refractivity contribution in [2.45, 2.75) is 24.3 Å². The van der Waals surface area contributed by atoms with E-state index < -0.39 is 22.0 Å². The van der Waals surface area contributed by atoms with Crippen LogP contribution in [0.25, 0.3) is 0 Å². The highest BCUT2D eigenvalue weighted by Crippen LogP contribution is 2.17. The van der Waals surface area contributed by atoms with Crippen molar-refractivity contribution in [3.05, 3.63) is 42.0 Å². The number of carbonyl (C=O) groups is 1. The molecule has 0 radical (unpaired) electrons. The number of benzene rings is 1. The molecule has 1 aromatic carbocycles. The number of hydrogen-bond acceptors (Lipinski definition) is 4. The molecule has 2 N–H and O–H groups in total. The van der Waals surface area contributed by atoms with Crippen LogP contribution >= 0.6 is 0 Å². The number of carboxylic acids is 1. The van der Waals surface area contributed by atoms with Gasteiger partial charge < -0.3 is 5.11 Å². The molecule has 1 atom stereocenters. The van der Waals surface area contributed by atoms with Crippen LogP contribution < -0.4 is 4.72 Å². The lowest BCUT2D eigenvalue weighted by Crippen LogP contribution is -2.40. The third-order valence-corrected chi connectivity index (χ3v) is 4.22. The molecule has 106 valence electrons. The summed E-state index contributed by atoms with van der Waals surface area (Å²) >= 11 is 0. The van der Waals surface area contributed by atoms with Gasteiger partial charge in [0.1, 0.15) is 6.04 Å². The smallest absolute Gasteiger partial charge is 0.322 e. The lowest BCUT2D eigenvalue weighted by Gasteiger charge is -2.14. The van der Waals surface area contributed by atoms with E-state index in [2.05, 4.69) is 11.3 Å². The lowest BCUT2D eigenvalue weighted by molar-refractivity contribution is -0.138. The third kappa shape index (κ3) is 3.66. The van der Waals surface area contributed by atoms with E-state index in [0.717, 1.165) is 0 Å². The molecule has 7 heteroatoms. The largest absolute Gasteiger partial charge is 0.480 e. The van der Waals surface area contributed by atoms with Gasteiger partial charge in [-0.15, -0.1) is 6.58 Å². The number of carboxylic acid groups (broad SMARTS) is 1. The zero-order valence-corrected chi connectivity index (χ0v) is 11.6. The van der Waals surface area contributed by atoms with Crippen LogP contribution in [0, 0.1) is 18.3 Å². The van der Waals surface area contributed by atoms with E-state index in [1.54, 1.807) is 6.92 Å². The summed E-state index contributed by atoms with van der Waals surface area (Å²) in [7, 11) is -3.97. The predicted octanol–water partition coefficient (Wildman–Crippen LogP) is 1.17. The Kier molecular flexibility index (Phi) is 5.02. The Balaban J connectivity index is 3.14. The SMILES string of the molecule is C=CCC(NS(=O)(=O)c1ccc(C#N)cc1C)C(=O)O. The van der Waals surface area contributed by atoms with Crippen LogP contribution in [0.3, 0.4) is 0 Å². The molecule has 6 nitrogen and oxygen atoms in total. The summed E-state index contributed by atoms with van der Waals surface area (Å²) in [5.41, 5.74) is 0.710. The van der Waals surface area contributed by atoms with E-state index >= 15 is 0 Å². The molecule has 0 saturated heterocycles. The van der Waals surface area contributed by atoms with Gasteiger partial charge in [-0.05, 0) is 37.1 Å². The van der Waals surface area contributed by atoms with Crippen LogP contribution in [-0.4, -0.2) is 25.5 Å². The first-order valence-corrected chi connectivity index (χ1v) is 7.17. The first-order valence-electron chi connectivity index (χ1n) is 5.68. The van der Waals surface area contributed by atoms with Gasteiger partial charge in [0, 0.05) is 0 Å². The highest BCUT2D eigenvalue weighted by molar-refractivity contribution is 7.89. The van der Waals surface area contributed by atoms with Crippen molar-refractivity contribution >= 4 is 16.0 Å². The van der Waals surface area contributed by atoms with Crippen molar-refractivity contribution in [1.29, 1.82) is 5.26 Å². The van der Waals surface area contributed by atoms with Crippen LogP contribution in [-0.2, 0) is 14.8 Å². The summed E-state index contributed by atoms with van der Waals surface area (Å²) in [6.45, 7) is 4.93. The standard InChI is InChI=1S/C13H14N2O4S/c1-3-4-11(13(16)17)15-20(18,19)12-6-5-10(8-14)7-9(12)2/h3,5-7,11,15H,1,4H2,2H3,(H,16,17). The summed E-state index contributed by atoms with van der Waals surface area (Å²) in [4.78, 5) is 10.9. The highest BCUT2D eigenvalue weighted by atomic mass is 32.2. The zero-order chi connectivity index (χ0) is 15.3. The summed E-state index contributed by atoms with van der Waals surface area (Å²) in [6, 6.07) is 4.71.